The SMILES string of the molecule is COc1ccc(C)cc1C(NN)c1ccc(C)cc1. The summed E-state index contributed by atoms with van der Waals surface area (Å²) in [5.74, 6) is 6.58. The van der Waals surface area contributed by atoms with Crippen LogP contribution in [0.5, 0.6) is 5.75 Å². The Bertz CT molecular complexity index is 549. The summed E-state index contributed by atoms with van der Waals surface area (Å²) in [6.45, 7) is 4.13. The van der Waals surface area contributed by atoms with Gasteiger partial charge >= 0.3 is 0 Å². The summed E-state index contributed by atoms with van der Waals surface area (Å²) in [5.41, 5.74) is 7.46. The Kier molecular flexibility index (Phi) is 4.20. The molecule has 2 aromatic carbocycles. The van der Waals surface area contributed by atoms with E-state index < -0.39 is 0 Å². The van der Waals surface area contributed by atoms with E-state index in [4.69, 9.17) is 10.6 Å². The van der Waals surface area contributed by atoms with Gasteiger partial charge in [0.05, 0.1) is 13.2 Å². The van der Waals surface area contributed by atoms with Crippen molar-refractivity contribution in [3.8, 4) is 5.75 Å². The van der Waals surface area contributed by atoms with Gasteiger partial charge in [-0.3, -0.25) is 5.84 Å². The number of nitrogens with one attached hydrogen (secondary N) is 1. The lowest BCUT2D eigenvalue weighted by molar-refractivity contribution is 0.404. The van der Waals surface area contributed by atoms with Crippen LogP contribution >= 0.6 is 0 Å². The first-order valence-corrected chi connectivity index (χ1v) is 6.33. The molecule has 0 bridgehead atoms. The van der Waals surface area contributed by atoms with Crippen molar-refractivity contribution in [2.24, 2.45) is 5.84 Å². The Morgan fingerprint density at radius 1 is 1.00 bits per heavy atom. The maximum absolute atomic E-state index is 5.74. The van der Waals surface area contributed by atoms with E-state index in [0.717, 1.165) is 16.9 Å². The van der Waals surface area contributed by atoms with E-state index >= 15 is 0 Å². The van der Waals surface area contributed by atoms with Gasteiger partial charge in [0, 0.05) is 5.56 Å². The van der Waals surface area contributed by atoms with E-state index in [9.17, 15) is 0 Å². The van der Waals surface area contributed by atoms with Crippen LogP contribution in [0.2, 0.25) is 0 Å². The lowest BCUT2D eigenvalue weighted by Gasteiger charge is -2.20. The summed E-state index contributed by atoms with van der Waals surface area (Å²) in [5, 5.41) is 0. The van der Waals surface area contributed by atoms with E-state index in [2.05, 4.69) is 49.6 Å². The molecule has 0 radical (unpaired) electrons. The fourth-order valence-electron chi connectivity index (χ4n) is 2.20. The third-order valence-electron chi connectivity index (χ3n) is 3.27. The van der Waals surface area contributed by atoms with Gasteiger partial charge < -0.3 is 4.74 Å². The van der Waals surface area contributed by atoms with Gasteiger partial charge in [-0.2, -0.15) is 0 Å². The number of rotatable bonds is 4. The summed E-state index contributed by atoms with van der Waals surface area (Å²) in [4.78, 5) is 0. The number of methoxy groups -OCH3 is 1. The summed E-state index contributed by atoms with van der Waals surface area (Å²) >= 11 is 0. The van der Waals surface area contributed by atoms with Crippen LogP contribution in [0.15, 0.2) is 42.5 Å². The van der Waals surface area contributed by atoms with Crippen LogP contribution in [0.4, 0.5) is 0 Å². The van der Waals surface area contributed by atoms with Crippen molar-refractivity contribution in [1.29, 1.82) is 0 Å². The lowest BCUT2D eigenvalue weighted by atomic mass is 9.96. The first-order valence-electron chi connectivity index (χ1n) is 6.33. The molecule has 1 unspecified atom stereocenters. The van der Waals surface area contributed by atoms with E-state index in [1.165, 1.54) is 11.1 Å². The maximum Gasteiger partial charge on any atom is 0.124 e. The molecule has 3 nitrogen and oxygen atoms in total. The van der Waals surface area contributed by atoms with Crippen LogP contribution in [-0.4, -0.2) is 7.11 Å². The molecule has 0 aliphatic heterocycles. The Hall–Kier alpha value is -1.84. The summed E-state index contributed by atoms with van der Waals surface area (Å²) in [6.07, 6.45) is 0. The Morgan fingerprint density at radius 2 is 1.63 bits per heavy atom. The monoisotopic (exact) mass is 256 g/mol. The molecule has 0 aromatic heterocycles. The summed E-state index contributed by atoms with van der Waals surface area (Å²) < 4.78 is 5.43. The molecule has 0 amide bonds. The van der Waals surface area contributed by atoms with Gasteiger partial charge in [0.15, 0.2) is 0 Å². The van der Waals surface area contributed by atoms with Crippen LogP contribution in [0.1, 0.15) is 28.3 Å². The van der Waals surface area contributed by atoms with Gasteiger partial charge in [0.1, 0.15) is 5.75 Å². The second-order valence-corrected chi connectivity index (χ2v) is 4.76. The van der Waals surface area contributed by atoms with Crippen molar-refractivity contribution in [2.45, 2.75) is 19.9 Å². The minimum Gasteiger partial charge on any atom is -0.496 e. The van der Waals surface area contributed by atoms with E-state index in [0.29, 0.717) is 0 Å². The topological polar surface area (TPSA) is 47.3 Å². The molecular formula is C16H20N2O. The number of hydrazine groups is 1. The van der Waals surface area contributed by atoms with Crippen LogP contribution in [0.3, 0.4) is 0 Å². The molecule has 3 N–H and O–H groups in total. The summed E-state index contributed by atoms with van der Waals surface area (Å²) in [6, 6.07) is 14.4. The van der Waals surface area contributed by atoms with Gasteiger partial charge in [-0.05, 0) is 25.5 Å². The Labute approximate surface area is 114 Å². The number of hydrogen-bond acceptors (Lipinski definition) is 3. The zero-order valence-electron chi connectivity index (χ0n) is 11.6. The minimum absolute atomic E-state index is 0.0737. The van der Waals surface area contributed by atoms with E-state index in [1.54, 1.807) is 7.11 Å². The third-order valence-corrected chi connectivity index (χ3v) is 3.27. The first kappa shape index (κ1) is 13.6. The van der Waals surface area contributed by atoms with E-state index in [1.807, 2.05) is 12.1 Å². The molecule has 0 saturated heterocycles. The molecule has 2 rings (SSSR count). The molecule has 0 spiro atoms. The first-order chi connectivity index (χ1) is 9.15. The minimum atomic E-state index is -0.0737. The molecule has 3 heteroatoms. The highest BCUT2D eigenvalue weighted by Gasteiger charge is 2.16. The summed E-state index contributed by atoms with van der Waals surface area (Å²) in [7, 11) is 1.68. The molecule has 2 aromatic rings. The molecule has 100 valence electrons. The second-order valence-electron chi connectivity index (χ2n) is 4.76. The maximum atomic E-state index is 5.74. The highest BCUT2D eigenvalue weighted by molar-refractivity contribution is 5.44. The van der Waals surface area contributed by atoms with E-state index in [-0.39, 0.29) is 6.04 Å². The van der Waals surface area contributed by atoms with Crippen molar-refractivity contribution >= 4 is 0 Å². The van der Waals surface area contributed by atoms with Gasteiger partial charge in [-0.1, -0.05) is 47.5 Å². The Morgan fingerprint density at radius 3 is 2.21 bits per heavy atom. The zero-order valence-corrected chi connectivity index (χ0v) is 11.6. The number of nitrogens with two attached hydrogens (primary N) is 1. The number of aryl methyl sites for hydroxylation is 2. The standard InChI is InChI=1S/C16H20N2O/c1-11-4-7-13(8-5-11)16(18-17)14-10-12(2)6-9-15(14)19-3/h4-10,16,18H,17H2,1-3H3. The molecule has 0 fully saturated rings. The largest absolute Gasteiger partial charge is 0.496 e. The molecule has 0 heterocycles. The second kappa shape index (κ2) is 5.87. The van der Waals surface area contributed by atoms with Crippen LogP contribution in [0, 0.1) is 13.8 Å². The van der Waals surface area contributed by atoms with Gasteiger partial charge in [-0.15, -0.1) is 0 Å². The average Bonchev–Trinajstić information content (AvgIpc) is 2.42. The molecule has 0 aliphatic carbocycles. The van der Waals surface area contributed by atoms with Crippen LogP contribution in [0.25, 0.3) is 0 Å². The van der Waals surface area contributed by atoms with Crippen molar-refractivity contribution in [3.05, 3.63) is 64.7 Å². The van der Waals surface area contributed by atoms with Crippen LogP contribution < -0.4 is 16.0 Å². The predicted octanol–water partition coefficient (Wildman–Crippen LogP) is 2.86. The molecule has 0 saturated carbocycles. The van der Waals surface area contributed by atoms with Crippen LogP contribution in [-0.2, 0) is 0 Å². The van der Waals surface area contributed by atoms with Crippen molar-refractivity contribution in [2.75, 3.05) is 7.11 Å². The third kappa shape index (κ3) is 2.95. The Balaban J connectivity index is 2.47. The van der Waals surface area contributed by atoms with Gasteiger partial charge in [-0.25, -0.2) is 5.43 Å². The number of benzene rings is 2. The van der Waals surface area contributed by atoms with Crippen molar-refractivity contribution in [1.82, 2.24) is 5.43 Å². The number of hydrogen-bond donors (Lipinski definition) is 2. The van der Waals surface area contributed by atoms with Gasteiger partial charge in [0.2, 0.25) is 0 Å². The highest BCUT2D eigenvalue weighted by Crippen LogP contribution is 2.30. The molecule has 0 aliphatic rings. The normalized spacial score (nSPS) is 12.2. The molecule has 19 heavy (non-hydrogen) atoms. The smallest absolute Gasteiger partial charge is 0.124 e. The number of ether oxygens (including phenoxy) is 1. The highest BCUT2D eigenvalue weighted by atomic mass is 16.5. The van der Waals surface area contributed by atoms with Gasteiger partial charge in [0.25, 0.3) is 0 Å². The fourth-order valence-corrected chi connectivity index (χ4v) is 2.20. The lowest BCUT2D eigenvalue weighted by Crippen LogP contribution is -2.29. The molecular weight excluding hydrogens is 236 g/mol. The predicted molar refractivity (Wildman–Crippen MR) is 78.1 cm³/mol. The fraction of sp³-hybridized carbons (Fsp3) is 0.250. The molecule has 1 atom stereocenters. The quantitative estimate of drug-likeness (QED) is 0.653. The van der Waals surface area contributed by atoms with Crippen molar-refractivity contribution in [3.63, 3.8) is 0 Å². The van der Waals surface area contributed by atoms with Crippen molar-refractivity contribution < 1.29 is 4.74 Å². The zero-order chi connectivity index (χ0) is 13.8. The average molecular weight is 256 g/mol.